The molecule has 0 amide bonds. The summed E-state index contributed by atoms with van der Waals surface area (Å²) in [5.74, 6) is 0. The fraction of sp³-hybridized carbons (Fsp3) is 0.173. The van der Waals surface area contributed by atoms with E-state index in [-0.39, 0.29) is 27.9 Å². The third-order valence-electron chi connectivity index (χ3n) is 18.3. The van der Waals surface area contributed by atoms with E-state index < -0.39 is 29.0 Å². The van der Waals surface area contributed by atoms with Gasteiger partial charge in [-0.3, -0.25) is 0 Å². The Morgan fingerprint density at radius 2 is 0.578 bits per heavy atom. The minimum atomic E-state index is -5.25. The molecule has 0 aliphatic heterocycles. The molecule has 2 aromatic heterocycles. The van der Waals surface area contributed by atoms with Crippen molar-refractivity contribution in [2.24, 2.45) is 0 Å². The van der Waals surface area contributed by atoms with Crippen molar-refractivity contribution in [1.82, 2.24) is 9.13 Å². The number of hydrogen-bond donors (Lipinski definition) is 0. The van der Waals surface area contributed by atoms with Crippen molar-refractivity contribution >= 4 is 43.6 Å². The Morgan fingerprint density at radius 3 is 0.867 bits per heavy atom. The average Bonchev–Trinajstić information content (AvgIpc) is 1.49. The van der Waals surface area contributed by atoms with Crippen LogP contribution in [0.25, 0.3) is 122 Å². The molecular weight excluding hydrogens is 1130 g/mol. The van der Waals surface area contributed by atoms with Crippen LogP contribution in [0.1, 0.15) is 83.5 Å². The van der Waals surface area contributed by atoms with Crippen molar-refractivity contribution in [3.8, 4) is 84.2 Å². The number of hydrogen-bond acceptors (Lipinski definition) is 1. The zero-order valence-corrected chi connectivity index (χ0v) is 52.4. The molecule has 0 N–H and O–H groups in total. The number of halogens is 6. The standard InChI is InChI=1S/C81H65F6N3/c1-43-30-47(5)73(48(6)31-43)55-22-26-67-61(38-55)62-39-56(74-49(7)32-44(2)33-50(74)8)23-27-68(62)89(67)71-20-13-16-59(42-88)77(71)79-60(78-65(80(82,83)84)18-15-19-66(78)81(85,86)87)17-14-21-72(79)90-69-28-24-57(75-51(9)34-45(3)35-52(75)10)40-63(69)64-41-58(25-29-70(64)90)76-53(11)36-46(4)37-54(76)12/h13-41H,1-12H3. The lowest BCUT2D eigenvalue weighted by Crippen LogP contribution is -2.15. The molecule has 0 aliphatic carbocycles. The summed E-state index contributed by atoms with van der Waals surface area (Å²) in [5.41, 5.74) is 20.7. The third-order valence-corrected chi connectivity index (χ3v) is 18.3. The van der Waals surface area contributed by atoms with Crippen LogP contribution in [0, 0.1) is 94.4 Å². The van der Waals surface area contributed by atoms with E-state index in [1.165, 1.54) is 12.1 Å². The molecule has 0 saturated heterocycles. The summed E-state index contributed by atoms with van der Waals surface area (Å²) in [5, 5.41) is 15.0. The number of nitriles is 1. The second-order valence-electron chi connectivity index (χ2n) is 24.9. The highest BCUT2D eigenvalue weighted by Crippen LogP contribution is 2.53. The van der Waals surface area contributed by atoms with Gasteiger partial charge < -0.3 is 9.13 Å². The molecule has 0 radical (unpaired) electrons. The molecular formula is C81H65F6N3. The number of rotatable bonds is 8. The molecule has 0 fully saturated rings. The van der Waals surface area contributed by atoms with Crippen LogP contribution in [0.2, 0.25) is 0 Å². The second-order valence-corrected chi connectivity index (χ2v) is 24.9. The monoisotopic (exact) mass is 1190 g/mol. The lowest BCUT2D eigenvalue weighted by atomic mass is 9.85. The van der Waals surface area contributed by atoms with Gasteiger partial charge >= 0.3 is 12.4 Å². The average molecular weight is 1190 g/mol. The fourth-order valence-corrected chi connectivity index (χ4v) is 15.3. The van der Waals surface area contributed by atoms with Crippen LogP contribution >= 0.6 is 0 Å². The first-order valence-corrected chi connectivity index (χ1v) is 30.3. The predicted octanol–water partition coefficient (Wildman–Crippen LogP) is 23.5. The van der Waals surface area contributed by atoms with Gasteiger partial charge in [-0.05, 0) is 257 Å². The number of aryl methyl sites for hydroxylation is 12. The van der Waals surface area contributed by atoms with Gasteiger partial charge in [0.2, 0.25) is 0 Å². The van der Waals surface area contributed by atoms with E-state index in [9.17, 15) is 5.26 Å². The Morgan fingerprint density at radius 1 is 0.300 bits per heavy atom. The van der Waals surface area contributed by atoms with Gasteiger partial charge in [0, 0.05) is 38.2 Å². The van der Waals surface area contributed by atoms with E-state index in [1.807, 2.05) is 51.6 Å². The van der Waals surface area contributed by atoms with E-state index in [2.05, 4.69) is 174 Å². The Hall–Kier alpha value is -9.91. The first kappa shape index (κ1) is 59.1. The molecule has 0 bridgehead atoms. The minimum Gasteiger partial charge on any atom is -0.309 e. The fourth-order valence-electron chi connectivity index (χ4n) is 15.3. The molecule has 11 aromatic carbocycles. The van der Waals surface area contributed by atoms with E-state index in [4.69, 9.17) is 0 Å². The molecule has 90 heavy (non-hydrogen) atoms. The highest BCUT2D eigenvalue weighted by molar-refractivity contribution is 6.15. The van der Waals surface area contributed by atoms with Gasteiger partial charge in [0.05, 0.1) is 56.2 Å². The van der Waals surface area contributed by atoms with Crippen LogP contribution in [0.5, 0.6) is 0 Å². The first-order valence-electron chi connectivity index (χ1n) is 30.3. The van der Waals surface area contributed by atoms with Crippen molar-refractivity contribution in [3.05, 3.63) is 259 Å². The number of aromatic nitrogens is 2. The summed E-state index contributed by atoms with van der Waals surface area (Å²) in [4.78, 5) is 0. The number of alkyl halides is 6. The molecule has 2 heterocycles. The second kappa shape index (κ2) is 21.7. The third kappa shape index (κ3) is 9.76. The number of benzene rings is 11. The lowest BCUT2D eigenvalue weighted by molar-refractivity contribution is -0.142. The Labute approximate surface area is 520 Å². The van der Waals surface area contributed by atoms with Crippen LogP contribution in [-0.2, 0) is 12.4 Å². The summed E-state index contributed by atoms with van der Waals surface area (Å²) in [7, 11) is 0. The van der Waals surface area contributed by atoms with Crippen molar-refractivity contribution in [3.63, 3.8) is 0 Å². The maximum Gasteiger partial charge on any atom is 0.417 e. The summed E-state index contributed by atoms with van der Waals surface area (Å²) >= 11 is 0. The molecule has 0 unspecified atom stereocenters. The quantitative estimate of drug-likeness (QED) is 0.140. The topological polar surface area (TPSA) is 33.6 Å². The van der Waals surface area contributed by atoms with E-state index in [0.29, 0.717) is 39.9 Å². The SMILES string of the molecule is Cc1cc(C)c(-c2ccc3c(c2)c2cc(-c4c(C)cc(C)cc4C)ccc2n3-c2cccc(C#N)c2-c2c(-c3c(C(F)(F)F)cccc3C(F)(F)F)cccc2-n2c3ccc(-c4c(C)cc(C)cc4C)cc3c3cc(-c4c(C)cc(C)cc4C)ccc32)c(C)c1. The number of fused-ring (bicyclic) bond motifs is 6. The predicted molar refractivity (Wildman–Crippen MR) is 359 cm³/mol. The van der Waals surface area contributed by atoms with Gasteiger partial charge in [-0.2, -0.15) is 31.6 Å². The van der Waals surface area contributed by atoms with Crippen molar-refractivity contribution < 1.29 is 26.3 Å². The highest BCUT2D eigenvalue weighted by atomic mass is 19.4. The molecule has 0 saturated carbocycles. The summed E-state index contributed by atoms with van der Waals surface area (Å²) in [6.07, 6.45) is -10.5. The largest absolute Gasteiger partial charge is 0.417 e. The minimum absolute atomic E-state index is 0.00861. The van der Waals surface area contributed by atoms with Gasteiger partial charge in [-0.15, -0.1) is 0 Å². The normalized spacial score (nSPS) is 12.1. The van der Waals surface area contributed by atoms with Gasteiger partial charge in [-0.25, -0.2) is 0 Å². The number of nitrogens with zero attached hydrogens (tertiary/aromatic N) is 3. The molecule has 0 atom stereocenters. The molecule has 0 aliphatic rings. The van der Waals surface area contributed by atoms with Gasteiger partial charge in [0.1, 0.15) is 0 Å². The van der Waals surface area contributed by atoms with Crippen LogP contribution in [0.3, 0.4) is 0 Å². The molecule has 0 spiro atoms. The summed E-state index contributed by atoms with van der Waals surface area (Å²) in [6, 6.07) is 56.7. The Bertz CT molecular complexity index is 4890. The Kier molecular flexibility index (Phi) is 14.2. The molecule has 3 nitrogen and oxygen atoms in total. The van der Waals surface area contributed by atoms with E-state index in [1.54, 1.807) is 18.2 Å². The van der Waals surface area contributed by atoms with E-state index in [0.717, 1.165) is 139 Å². The zero-order valence-electron chi connectivity index (χ0n) is 52.4. The van der Waals surface area contributed by atoms with Crippen molar-refractivity contribution in [2.75, 3.05) is 0 Å². The summed E-state index contributed by atoms with van der Waals surface area (Å²) < 4.78 is 99.7. The molecule has 13 rings (SSSR count). The van der Waals surface area contributed by atoms with Crippen LogP contribution in [-0.4, -0.2) is 9.13 Å². The van der Waals surface area contributed by atoms with Crippen LogP contribution < -0.4 is 0 Å². The maximum absolute atomic E-state index is 16.0. The highest BCUT2D eigenvalue weighted by Gasteiger charge is 2.42. The first-order chi connectivity index (χ1) is 42.8. The Balaban J connectivity index is 1.20. The maximum atomic E-state index is 16.0. The molecule has 446 valence electrons. The van der Waals surface area contributed by atoms with Crippen molar-refractivity contribution in [1.29, 1.82) is 5.26 Å². The molecule has 9 heteroatoms. The van der Waals surface area contributed by atoms with Gasteiger partial charge in [0.15, 0.2) is 0 Å². The van der Waals surface area contributed by atoms with Crippen LogP contribution in [0.15, 0.2) is 176 Å². The lowest BCUT2D eigenvalue weighted by Gasteiger charge is -2.25. The molecule has 13 aromatic rings. The van der Waals surface area contributed by atoms with Gasteiger partial charge in [-0.1, -0.05) is 119 Å². The van der Waals surface area contributed by atoms with E-state index >= 15 is 26.3 Å². The van der Waals surface area contributed by atoms with Gasteiger partial charge in [0.25, 0.3) is 0 Å². The zero-order chi connectivity index (χ0) is 63.7. The summed E-state index contributed by atoms with van der Waals surface area (Å²) in [6.45, 7) is 25.1. The van der Waals surface area contributed by atoms with Crippen molar-refractivity contribution in [2.45, 2.75) is 95.4 Å². The smallest absolute Gasteiger partial charge is 0.309 e. The van der Waals surface area contributed by atoms with Crippen LogP contribution in [0.4, 0.5) is 26.3 Å².